The van der Waals surface area contributed by atoms with E-state index in [1.165, 1.54) is 0 Å². The third kappa shape index (κ3) is 75.2. The average Bonchev–Trinajstić information content (AvgIpc) is 1.59. The lowest BCUT2D eigenvalue weighted by atomic mass is 10.1. The zero-order valence-corrected chi connectivity index (χ0v) is 7.72. The molecule has 0 aliphatic rings. The highest BCUT2D eigenvalue weighted by Crippen LogP contribution is 1.99. The van der Waals surface area contributed by atoms with Gasteiger partial charge in [-0.25, -0.2) is 0 Å². The van der Waals surface area contributed by atoms with E-state index in [9.17, 15) is 0 Å². The van der Waals surface area contributed by atoms with E-state index in [1.807, 2.05) is 13.8 Å². The van der Waals surface area contributed by atoms with E-state index >= 15 is 0 Å². The summed E-state index contributed by atoms with van der Waals surface area (Å²) in [5.41, 5.74) is 5.58. The fraction of sp³-hybridized carbons (Fsp3) is 1.00. The van der Waals surface area contributed by atoms with Crippen molar-refractivity contribution >= 4 is 10.4 Å². The third-order valence-corrected chi connectivity index (χ3v) is 0.911. The molecule has 0 atom stereocenters. The Morgan fingerprint density at radius 1 is 1.36 bits per heavy atom. The second kappa shape index (κ2) is 4.66. The molecule has 0 amide bonds. The van der Waals surface area contributed by atoms with Gasteiger partial charge in [0.15, 0.2) is 0 Å². The standard InChI is InChI=1S/C5H13N.H2O4S/c1-4-5(2,3)6;1-5(2,3)4/h4,6H2,1-3H3;(H2,1,2,3,4). The van der Waals surface area contributed by atoms with Crippen LogP contribution < -0.4 is 5.73 Å². The van der Waals surface area contributed by atoms with Crippen molar-refractivity contribution < 1.29 is 17.5 Å². The van der Waals surface area contributed by atoms with Crippen LogP contribution in [0.15, 0.2) is 0 Å². The minimum Gasteiger partial charge on any atom is -0.326 e. The van der Waals surface area contributed by atoms with Crippen molar-refractivity contribution in [2.24, 2.45) is 5.73 Å². The first-order chi connectivity index (χ1) is 4.56. The highest BCUT2D eigenvalue weighted by atomic mass is 32.3. The fourth-order valence-corrected chi connectivity index (χ4v) is 0. The largest absolute Gasteiger partial charge is 0.394 e. The smallest absolute Gasteiger partial charge is 0.326 e. The van der Waals surface area contributed by atoms with Crippen LogP contribution in [0.2, 0.25) is 0 Å². The number of nitrogens with two attached hydrogens (primary N) is 1. The predicted molar refractivity (Wildman–Crippen MR) is 42.7 cm³/mol. The van der Waals surface area contributed by atoms with Crippen LogP contribution in [-0.4, -0.2) is 23.1 Å². The summed E-state index contributed by atoms with van der Waals surface area (Å²) in [6.07, 6.45) is 1.05. The monoisotopic (exact) mass is 185 g/mol. The second-order valence-corrected chi connectivity index (χ2v) is 3.69. The summed E-state index contributed by atoms with van der Waals surface area (Å²) in [6, 6.07) is 0. The van der Waals surface area contributed by atoms with Gasteiger partial charge in [-0.1, -0.05) is 6.92 Å². The van der Waals surface area contributed by atoms with Crippen LogP contribution in [0.4, 0.5) is 0 Å². The van der Waals surface area contributed by atoms with E-state index in [1.54, 1.807) is 0 Å². The molecular formula is C5H15NO4S. The Morgan fingerprint density at radius 2 is 1.45 bits per heavy atom. The Hall–Kier alpha value is -0.170. The molecule has 0 rings (SSSR count). The van der Waals surface area contributed by atoms with Gasteiger partial charge < -0.3 is 5.73 Å². The molecule has 5 nitrogen and oxygen atoms in total. The molecule has 0 fully saturated rings. The number of hydrogen-bond acceptors (Lipinski definition) is 3. The molecule has 0 aliphatic carbocycles. The summed E-state index contributed by atoms with van der Waals surface area (Å²) in [6.45, 7) is 6.12. The first kappa shape index (κ1) is 13.4. The highest BCUT2D eigenvalue weighted by Gasteiger charge is 2.03. The Morgan fingerprint density at radius 3 is 1.45 bits per heavy atom. The van der Waals surface area contributed by atoms with Gasteiger partial charge >= 0.3 is 10.4 Å². The van der Waals surface area contributed by atoms with E-state index in [0.717, 1.165) is 6.42 Å². The molecule has 0 aromatic carbocycles. The zero-order valence-electron chi connectivity index (χ0n) is 6.90. The van der Waals surface area contributed by atoms with Crippen molar-refractivity contribution in [2.45, 2.75) is 32.7 Å². The number of hydrogen-bond donors (Lipinski definition) is 3. The first-order valence-corrected chi connectivity index (χ1v) is 4.44. The number of rotatable bonds is 1. The average molecular weight is 185 g/mol. The molecule has 0 saturated carbocycles. The van der Waals surface area contributed by atoms with Crippen molar-refractivity contribution in [3.05, 3.63) is 0 Å². The van der Waals surface area contributed by atoms with Crippen LogP contribution in [0.5, 0.6) is 0 Å². The van der Waals surface area contributed by atoms with Gasteiger partial charge in [-0.15, -0.1) is 0 Å². The SMILES string of the molecule is CCC(C)(C)N.O=S(=O)(O)O. The van der Waals surface area contributed by atoms with Gasteiger partial charge in [0.05, 0.1) is 0 Å². The van der Waals surface area contributed by atoms with E-state index < -0.39 is 10.4 Å². The van der Waals surface area contributed by atoms with Gasteiger partial charge in [0, 0.05) is 5.54 Å². The second-order valence-electron chi connectivity index (χ2n) is 2.79. The molecule has 0 heterocycles. The highest BCUT2D eigenvalue weighted by molar-refractivity contribution is 7.79. The van der Waals surface area contributed by atoms with Crippen molar-refractivity contribution in [2.75, 3.05) is 0 Å². The van der Waals surface area contributed by atoms with Gasteiger partial charge in [0.2, 0.25) is 0 Å². The topological polar surface area (TPSA) is 101 Å². The Bertz CT molecular complexity index is 171. The quantitative estimate of drug-likeness (QED) is 0.516. The normalized spacial score (nSPS) is 11.8. The lowest BCUT2D eigenvalue weighted by Gasteiger charge is -2.13. The Balaban J connectivity index is 0. The van der Waals surface area contributed by atoms with Crippen LogP contribution in [0.25, 0.3) is 0 Å². The van der Waals surface area contributed by atoms with Crippen LogP contribution in [0, 0.1) is 0 Å². The van der Waals surface area contributed by atoms with Crippen molar-refractivity contribution in [3.8, 4) is 0 Å². The zero-order chi connectivity index (χ0) is 9.71. The fourth-order valence-electron chi connectivity index (χ4n) is 0. The van der Waals surface area contributed by atoms with Crippen LogP contribution in [-0.2, 0) is 10.4 Å². The lowest BCUT2D eigenvalue weighted by molar-refractivity contribution is 0.381. The Kier molecular flexibility index (Phi) is 5.68. The van der Waals surface area contributed by atoms with E-state index in [-0.39, 0.29) is 5.54 Å². The summed E-state index contributed by atoms with van der Waals surface area (Å²) >= 11 is 0. The van der Waals surface area contributed by atoms with E-state index in [2.05, 4.69) is 6.92 Å². The van der Waals surface area contributed by atoms with Gasteiger partial charge in [0.25, 0.3) is 0 Å². The van der Waals surface area contributed by atoms with E-state index in [0.29, 0.717) is 0 Å². The molecule has 0 aliphatic heterocycles. The summed E-state index contributed by atoms with van der Waals surface area (Å²) < 4.78 is 31.6. The summed E-state index contributed by atoms with van der Waals surface area (Å²) in [5.74, 6) is 0. The molecule has 0 saturated heterocycles. The van der Waals surface area contributed by atoms with Gasteiger partial charge in [-0.2, -0.15) is 8.42 Å². The minimum absolute atomic E-state index is 0.0417. The predicted octanol–water partition coefficient (Wildman–Crippen LogP) is 0.481. The molecule has 0 aromatic heterocycles. The first-order valence-electron chi connectivity index (χ1n) is 3.05. The molecule has 0 spiro atoms. The maximum Gasteiger partial charge on any atom is 0.394 e. The molecule has 0 aromatic rings. The maximum absolute atomic E-state index is 8.74. The van der Waals surface area contributed by atoms with Crippen molar-refractivity contribution in [3.63, 3.8) is 0 Å². The summed E-state index contributed by atoms with van der Waals surface area (Å²) in [4.78, 5) is 0. The van der Waals surface area contributed by atoms with Crippen LogP contribution in [0.3, 0.4) is 0 Å². The molecule has 0 radical (unpaired) electrons. The third-order valence-electron chi connectivity index (χ3n) is 0.911. The molecule has 11 heavy (non-hydrogen) atoms. The molecule has 70 valence electrons. The van der Waals surface area contributed by atoms with Crippen LogP contribution in [0.1, 0.15) is 27.2 Å². The Labute approximate surface area is 67.2 Å². The summed E-state index contributed by atoms with van der Waals surface area (Å²) in [5, 5.41) is 0. The maximum atomic E-state index is 8.74. The van der Waals surface area contributed by atoms with E-state index in [4.69, 9.17) is 23.3 Å². The van der Waals surface area contributed by atoms with Crippen molar-refractivity contribution in [1.82, 2.24) is 0 Å². The molecule has 4 N–H and O–H groups in total. The van der Waals surface area contributed by atoms with Crippen LogP contribution >= 0.6 is 0 Å². The van der Waals surface area contributed by atoms with Gasteiger partial charge in [-0.3, -0.25) is 9.11 Å². The lowest BCUT2D eigenvalue weighted by Crippen LogP contribution is -2.30. The minimum atomic E-state index is -4.67. The molecule has 0 bridgehead atoms. The summed E-state index contributed by atoms with van der Waals surface area (Å²) in [7, 11) is -4.67. The molecule has 0 unspecified atom stereocenters. The van der Waals surface area contributed by atoms with Gasteiger partial charge in [0.1, 0.15) is 0 Å². The molecular weight excluding hydrogens is 170 g/mol. The van der Waals surface area contributed by atoms with Gasteiger partial charge in [-0.05, 0) is 20.3 Å². The molecule has 6 heteroatoms. The van der Waals surface area contributed by atoms with Crippen molar-refractivity contribution in [1.29, 1.82) is 0 Å².